The van der Waals surface area contributed by atoms with Crippen LogP contribution >= 0.6 is 0 Å². The van der Waals surface area contributed by atoms with E-state index >= 15 is 0 Å². The van der Waals surface area contributed by atoms with E-state index in [1.165, 1.54) is 0 Å². The van der Waals surface area contributed by atoms with Crippen LogP contribution in [0.3, 0.4) is 0 Å². The van der Waals surface area contributed by atoms with Crippen molar-refractivity contribution in [2.45, 2.75) is 89.5 Å². The molecule has 0 bridgehead atoms. The molecule has 1 aliphatic rings. The Kier molecular flexibility index (Phi) is 15.8. The van der Waals surface area contributed by atoms with Crippen LogP contribution in [-0.2, 0) is 66.1 Å². The van der Waals surface area contributed by atoms with E-state index in [-0.39, 0.29) is 32.5 Å². The number of hydrogen-bond donors (Lipinski definition) is 2. The molecule has 1 heterocycles. The first kappa shape index (κ1) is 41.3. The van der Waals surface area contributed by atoms with E-state index in [1.54, 1.807) is 6.92 Å². The Morgan fingerprint density at radius 2 is 1.02 bits per heavy atom. The molecule has 0 spiro atoms. The van der Waals surface area contributed by atoms with Gasteiger partial charge in [-0.1, -0.05) is 152 Å². The fourth-order valence-electron chi connectivity index (χ4n) is 6.65. The highest BCUT2D eigenvalue weighted by Crippen LogP contribution is 2.30. The third-order valence-corrected chi connectivity index (χ3v) is 9.58. The van der Waals surface area contributed by atoms with Crippen molar-refractivity contribution in [1.82, 2.24) is 10.6 Å². The minimum atomic E-state index is -1.09. The molecular weight excluding hydrogens is 721 g/mol. The first-order valence-corrected chi connectivity index (χ1v) is 19.5. The third-order valence-electron chi connectivity index (χ3n) is 9.58. The zero-order valence-corrected chi connectivity index (χ0v) is 32.5. The van der Waals surface area contributed by atoms with Gasteiger partial charge in [0.1, 0.15) is 24.4 Å². The Morgan fingerprint density at radius 1 is 0.579 bits per heavy atom. The first-order chi connectivity index (χ1) is 27.9. The lowest BCUT2D eigenvalue weighted by Crippen LogP contribution is -2.66. The standard InChI is InChI=1S/C47H52N2O8/c1-34(28-36-18-8-3-9-19-36)48-45(50)35(2)56-47(51)49-42-44(54-31-39-24-14-6-15-25-39)43(53-30-38-22-12-5-13-23-38)41(33-52-29-37-20-10-4-11-21-37)57-46(42)55-32-40-26-16-7-17-27-40/h3-27,34-35,41-44,46H,28-33H2,1-2H3,(H,48,50)(H,49,51)/t34-,35?,41+,42+,43+,44+,46?/m0/s1. The summed E-state index contributed by atoms with van der Waals surface area (Å²) in [6.45, 7) is 4.62. The maximum atomic E-state index is 13.8. The van der Waals surface area contributed by atoms with Gasteiger partial charge >= 0.3 is 6.09 Å². The molecule has 7 atom stereocenters. The second-order valence-electron chi connectivity index (χ2n) is 14.2. The topological polar surface area (TPSA) is 114 Å². The number of ether oxygens (including phenoxy) is 6. The lowest BCUT2D eigenvalue weighted by molar-refractivity contribution is -0.293. The monoisotopic (exact) mass is 772 g/mol. The predicted octanol–water partition coefficient (Wildman–Crippen LogP) is 7.55. The molecule has 57 heavy (non-hydrogen) atoms. The zero-order chi connectivity index (χ0) is 39.7. The van der Waals surface area contributed by atoms with Gasteiger partial charge in [-0.25, -0.2) is 4.79 Å². The van der Waals surface area contributed by atoms with Crippen molar-refractivity contribution in [2.24, 2.45) is 0 Å². The third kappa shape index (κ3) is 13.1. The molecule has 2 unspecified atom stereocenters. The number of amides is 2. The summed E-state index contributed by atoms with van der Waals surface area (Å²) < 4.78 is 38.5. The second kappa shape index (κ2) is 21.8. The number of carbonyl (C=O) groups is 2. The molecule has 0 aliphatic carbocycles. The molecule has 1 saturated heterocycles. The maximum absolute atomic E-state index is 13.8. The molecule has 10 heteroatoms. The summed E-state index contributed by atoms with van der Waals surface area (Å²) in [6, 6.07) is 47.9. The highest BCUT2D eigenvalue weighted by Gasteiger charge is 2.49. The van der Waals surface area contributed by atoms with Crippen LogP contribution in [0.4, 0.5) is 4.79 Å². The Balaban J connectivity index is 1.24. The predicted molar refractivity (Wildman–Crippen MR) is 217 cm³/mol. The largest absolute Gasteiger partial charge is 0.436 e. The highest BCUT2D eigenvalue weighted by molar-refractivity contribution is 5.83. The van der Waals surface area contributed by atoms with E-state index < -0.39 is 48.7 Å². The van der Waals surface area contributed by atoms with Crippen LogP contribution < -0.4 is 10.6 Å². The van der Waals surface area contributed by atoms with Gasteiger partial charge in [0.2, 0.25) is 0 Å². The lowest BCUT2D eigenvalue weighted by Gasteiger charge is -2.46. The smallest absolute Gasteiger partial charge is 0.408 e. The van der Waals surface area contributed by atoms with Gasteiger partial charge in [-0.15, -0.1) is 0 Å². The van der Waals surface area contributed by atoms with Crippen LogP contribution in [0.2, 0.25) is 0 Å². The molecular formula is C47H52N2O8. The summed E-state index contributed by atoms with van der Waals surface area (Å²) in [5.41, 5.74) is 4.90. The molecule has 2 N–H and O–H groups in total. The molecule has 5 aromatic rings. The van der Waals surface area contributed by atoms with Crippen LogP contribution in [0, 0.1) is 0 Å². The molecule has 1 aliphatic heterocycles. The second-order valence-corrected chi connectivity index (χ2v) is 14.2. The highest BCUT2D eigenvalue weighted by atomic mass is 16.7. The summed E-state index contributed by atoms with van der Waals surface area (Å²) >= 11 is 0. The van der Waals surface area contributed by atoms with E-state index in [1.807, 2.05) is 159 Å². The van der Waals surface area contributed by atoms with Crippen molar-refractivity contribution >= 4 is 12.0 Å². The van der Waals surface area contributed by atoms with Crippen molar-refractivity contribution in [1.29, 1.82) is 0 Å². The van der Waals surface area contributed by atoms with Crippen LogP contribution in [0.5, 0.6) is 0 Å². The van der Waals surface area contributed by atoms with Gasteiger partial charge in [0, 0.05) is 6.04 Å². The van der Waals surface area contributed by atoms with Crippen molar-refractivity contribution in [2.75, 3.05) is 6.61 Å². The molecule has 6 rings (SSSR count). The van der Waals surface area contributed by atoms with E-state index in [2.05, 4.69) is 10.6 Å². The summed E-state index contributed by atoms with van der Waals surface area (Å²) in [4.78, 5) is 27.0. The molecule has 10 nitrogen and oxygen atoms in total. The van der Waals surface area contributed by atoms with E-state index in [4.69, 9.17) is 28.4 Å². The van der Waals surface area contributed by atoms with Crippen LogP contribution in [0.1, 0.15) is 41.7 Å². The maximum Gasteiger partial charge on any atom is 0.408 e. The molecule has 5 aromatic carbocycles. The average Bonchev–Trinajstić information content (AvgIpc) is 3.24. The van der Waals surface area contributed by atoms with Gasteiger partial charge in [0.15, 0.2) is 12.4 Å². The van der Waals surface area contributed by atoms with Crippen LogP contribution in [-0.4, -0.2) is 61.4 Å². The van der Waals surface area contributed by atoms with Crippen molar-refractivity contribution < 1.29 is 38.0 Å². The Hall–Kier alpha value is -5.36. The quantitative estimate of drug-likeness (QED) is 0.0886. The Labute approximate surface area is 335 Å². The van der Waals surface area contributed by atoms with Gasteiger partial charge in [-0.2, -0.15) is 0 Å². The number of carbonyl (C=O) groups excluding carboxylic acids is 2. The number of hydrogen-bond acceptors (Lipinski definition) is 8. The van der Waals surface area contributed by atoms with Crippen molar-refractivity contribution in [3.63, 3.8) is 0 Å². The molecule has 1 fully saturated rings. The molecule has 0 aromatic heterocycles. The normalized spacial score (nSPS) is 20.2. The molecule has 0 radical (unpaired) electrons. The number of nitrogens with one attached hydrogen (secondary N) is 2. The Bertz CT molecular complexity index is 1900. The minimum Gasteiger partial charge on any atom is -0.436 e. The van der Waals surface area contributed by atoms with Gasteiger partial charge < -0.3 is 39.1 Å². The fourth-order valence-corrected chi connectivity index (χ4v) is 6.65. The van der Waals surface area contributed by atoms with Gasteiger partial charge in [-0.3, -0.25) is 4.79 Å². The van der Waals surface area contributed by atoms with E-state index in [9.17, 15) is 9.59 Å². The van der Waals surface area contributed by atoms with Gasteiger partial charge in [-0.05, 0) is 48.1 Å². The average molecular weight is 773 g/mol. The number of benzene rings is 5. The van der Waals surface area contributed by atoms with Crippen LogP contribution in [0.15, 0.2) is 152 Å². The van der Waals surface area contributed by atoms with Gasteiger partial charge in [0.05, 0.1) is 33.0 Å². The van der Waals surface area contributed by atoms with E-state index in [0.717, 1.165) is 27.8 Å². The summed E-state index contributed by atoms with van der Waals surface area (Å²) in [5.74, 6) is -0.415. The summed E-state index contributed by atoms with van der Waals surface area (Å²) in [6.07, 6.45) is -4.51. The number of alkyl carbamates (subject to hydrolysis) is 1. The van der Waals surface area contributed by atoms with Crippen LogP contribution in [0.25, 0.3) is 0 Å². The van der Waals surface area contributed by atoms with Crippen molar-refractivity contribution in [3.8, 4) is 0 Å². The molecule has 0 saturated carbocycles. The Morgan fingerprint density at radius 3 is 1.53 bits per heavy atom. The lowest BCUT2D eigenvalue weighted by atomic mass is 9.96. The zero-order valence-electron chi connectivity index (χ0n) is 32.5. The number of rotatable bonds is 19. The molecule has 2 amide bonds. The van der Waals surface area contributed by atoms with Crippen molar-refractivity contribution in [3.05, 3.63) is 179 Å². The minimum absolute atomic E-state index is 0.153. The fraction of sp³-hybridized carbons (Fsp3) is 0.319. The summed E-state index contributed by atoms with van der Waals surface area (Å²) in [7, 11) is 0. The summed E-state index contributed by atoms with van der Waals surface area (Å²) in [5, 5.41) is 5.92. The first-order valence-electron chi connectivity index (χ1n) is 19.5. The van der Waals surface area contributed by atoms with E-state index in [0.29, 0.717) is 13.0 Å². The van der Waals surface area contributed by atoms with Gasteiger partial charge in [0.25, 0.3) is 5.91 Å². The SMILES string of the molecule is CC(OC(=O)N[C@H]1C(OCc2ccccc2)O[C@H](COCc2ccccc2)[C@@H](OCc2ccccc2)[C@@H]1OCc1ccccc1)C(=O)N[C@@H](C)Cc1ccccc1. The molecule has 298 valence electrons.